The normalized spacial score (nSPS) is 14.7. The minimum absolute atomic E-state index is 0. The maximum atomic E-state index is 11.7. The highest BCUT2D eigenvalue weighted by Crippen LogP contribution is 2.25. The molecule has 19 heavy (non-hydrogen) atoms. The molecular weight excluding hydrogens is 266 g/mol. The zero-order valence-corrected chi connectivity index (χ0v) is 11.5. The maximum absolute atomic E-state index is 11.7. The molecule has 0 aliphatic carbocycles. The first-order chi connectivity index (χ1) is 8.60. The Hall–Kier alpha value is -1.59. The third-order valence-corrected chi connectivity index (χ3v) is 3.07. The van der Waals surface area contributed by atoms with Gasteiger partial charge in [0.25, 0.3) is 0 Å². The van der Waals surface area contributed by atoms with Gasteiger partial charge in [-0.3, -0.25) is 9.59 Å². The SMILES string of the molecule is CC(CN)C(=O)Nc1ccc2c(c1)CCC(=O)N2.Cl. The first-order valence-electron chi connectivity index (χ1n) is 6.04. The summed E-state index contributed by atoms with van der Waals surface area (Å²) in [4.78, 5) is 22.9. The summed E-state index contributed by atoms with van der Waals surface area (Å²) < 4.78 is 0. The van der Waals surface area contributed by atoms with Crippen LogP contribution in [0.4, 0.5) is 11.4 Å². The van der Waals surface area contributed by atoms with Crippen LogP contribution in [0, 0.1) is 5.92 Å². The average molecular weight is 284 g/mol. The Morgan fingerprint density at radius 3 is 2.89 bits per heavy atom. The molecule has 5 nitrogen and oxygen atoms in total. The van der Waals surface area contributed by atoms with Crippen molar-refractivity contribution in [1.29, 1.82) is 0 Å². The lowest BCUT2D eigenvalue weighted by molar-refractivity contribution is -0.119. The van der Waals surface area contributed by atoms with Crippen molar-refractivity contribution < 1.29 is 9.59 Å². The van der Waals surface area contributed by atoms with Crippen LogP contribution in [0.2, 0.25) is 0 Å². The third-order valence-electron chi connectivity index (χ3n) is 3.07. The monoisotopic (exact) mass is 283 g/mol. The number of nitrogens with two attached hydrogens (primary N) is 1. The highest BCUT2D eigenvalue weighted by atomic mass is 35.5. The maximum Gasteiger partial charge on any atom is 0.228 e. The molecule has 0 radical (unpaired) electrons. The van der Waals surface area contributed by atoms with E-state index in [-0.39, 0.29) is 30.1 Å². The van der Waals surface area contributed by atoms with E-state index in [4.69, 9.17) is 5.73 Å². The van der Waals surface area contributed by atoms with Crippen LogP contribution in [-0.4, -0.2) is 18.4 Å². The Kier molecular flexibility index (Phi) is 5.32. The van der Waals surface area contributed by atoms with Crippen LogP contribution in [-0.2, 0) is 16.0 Å². The fourth-order valence-electron chi connectivity index (χ4n) is 1.83. The van der Waals surface area contributed by atoms with Crippen LogP contribution < -0.4 is 16.4 Å². The Morgan fingerprint density at radius 2 is 2.21 bits per heavy atom. The Labute approximate surface area is 118 Å². The molecule has 0 saturated heterocycles. The molecule has 1 atom stereocenters. The van der Waals surface area contributed by atoms with E-state index >= 15 is 0 Å². The molecule has 1 aliphatic rings. The number of rotatable bonds is 3. The standard InChI is InChI=1S/C13H17N3O2.ClH/c1-8(7-14)13(18)15-10-3-4-11-9(6-10)2-5-12(17)16-11;/h3-4,6,8H,2,5,7,14H2,1H3,(H,15,18)(H,16,17);1H. The van der Waals surface area contributed by atoms with Crippen LogP contribution in [0.15, 0.2) is 18.2 Å². The van der Waals surface area contributed by atoms with Gasteiger partial charge in [-0.2, -0.15) is 0 Å². The van der Waals surface area contributed by atoms with Crippen LogP contribution in [0.1, 0.15) is 18.9 Å². The zero-order valence-electron chi connectivity index (χ0n) is 10.7. The predicted molar refractivity (Wildman–Crippen MR) is 77.5 cm³/mol. The van der Waals surface area contributed by atoms with Crippen molar-refractivity contribution in [2.24, 2.45) is 11.7 Å². The summed E-state index contributed by atoms with van der Waals surface area (Å²) in [7, 11) is 0. The minimum atomic E-state index is -0.208. The quantitative estimate of drug-likeness (QED) is 0.786. The summed E-state index contributed by atoms with van der Waals surface area (Å²) in [6.45, 7) is 2.11. The predicted octanol–water partition coefficient (Wildman–Crippen LogP) is 1.53. The second-order valence-corrected chi connectivity index (χ2v) is 4.55. The number of fused-ring (bicyclic) bond motifs is 1. The number of aryl methyl sites for hydroxylation is 1. The van der Waals surface area contributed by atoms with Crippen molar-refractivity contribution in [2.45, 2.75) is 19.8 Å². The van der Waals surface area contributed by atoms with E-state index in [9.17, 15) is 9.59 Å². The van der Waals surface area contributed by atoms with Crippen molar-refractivity contribution in [3.8, 4) is 0 Å². The van der Waals surface area contributed by atoms with Gasteiger partial charge in [0.1, 0.15) is 0 Å². The van der Waals surface area contributed by atoms with Crippen molar-refractivity contribution in [2.75, 3.05) is 17.2 Å². The first kappa shape index (κ1) is 15.5. The fraction of sp³-hybridized carbons (Fsp3) is 0.385. The summed E-state index contributed by atoms with van der Waals surface area (Å²) in [5.74, 6) is -0.255. The van der Waals surface area contributed by atoms with E-state index in [0.29, 0.717) is 19.4 Å². The van der Waals surface area contributed by atoms with Gasteiger partial charge in [0.05, 0.1) is 0 Å². The summed E-state index contributed by atoms with van der Waals surface area (Å²) in [5.41, 5.74) is 8.07. The van der Waals surface area contributed by atoms with Gasteiger partial charge in [0.15, 0.2) is 0 Å². The summed E-state index contributed by atoms with van der Waals surface area (Å²) in [6.07, 6.45) is 1.20. The second-order valence-electron chi connectivity index (χ2n) is 4.55. The van der Waals surface area contributed by atoms with Gasteiger partial charge >= 0.3 is 0 Å². The van der Waals surface area contributed by atoms with Crippen molar-refractivity contribution >= 4 is 35.6 Å². The largest absolute Gasteiger partial charge is 0.330 e. The number of anilines is 2. The zero-order chi connectivity index (χ0) is 13.1. The molecule has 0 saturated carbocycles. The second kappa shape index (κ2) is 6.54. The molecule has 6 heteroatoms. The molecule has 0 spiro atoms. The number of benzene rings is 1. The highest BCUT2D eigenvalue weighted by molar-refractivity contribution is 5.96. The lowest BCUT2D eigenvalue weighted by Crippen LogP contribution is -2.27. The number of nitrogens with one attached hydrogen (secondary N) is 2. The molecule has 1 aromatic rings. The Balaban J connectivity index is 0.00000180. The van der Waals surface area contributed by atoms with E-state index in [2.05, 4.69) is 10.6 Å². The topological polar surface area (TPSA) is 84.2 Å². The van der Waals surface area contributed by atoms with Gasteiger partial charge in [-0.25, -0.2) is 0 Å². The Bertz CT molecular complexity index is 491. The molecule has 1 aliphatic heterocycles. The van der Waals surface area contributed by atoms with Crippen molar-refractivity contribution in [3.63, 3.8) is 0 Å². The first-order valence-corrected chi connectivity index (χ1v) is 6.04. The lowest BCUT2D eigenvalue weighted by Gasteiger charge is -2.18. The van der Waals surface area contributed by atoms with Crippen LogP contribution in [0.5, 0.6) is 0 Å². The van der Waals surface area contributed by atoms with Gasteiger partial charge in [-0.1, -0.05) is 6.92 Å². The molecule has 1 aromatic carbocycles. The number of halogens is 1. The van der Waals surface area contributed by atoms with Crippen molar-refractivity contribution in [1.82, 2.24) is 0 Å². The van der Waals surface area contributed by atoms with Crippen molar-refractivity contribution in [3.05, 3.63) is 23.8 Å². The Morgan fingerprint density at radius 1 is 1.47 bits per heavy atom. The van der Waals surface area contributed by atoms with E-state index in [1.165, 1.54) is 0 Å². The molecule has 4 N–H and O–H groups in total. The number of carbonyl (C=O) groups is 2. The van der Waals surface area contributed by atoms with E-state index in [1.807, 2.05) is 12.1 Å². The number of hydrogen-bond acceptors (Lipinski definition) is 3. The van der Waals surface area contributed by atoms with Gasteiger partial charge in [-0.15, -0.1) is 12.4 Å². The van der Waals surface area contributed by atoms with Gasteiger partial charge < -0.3 is 16.4 Å². The molecule has 0 fully saturated rings. The summed E-state index contributed by atoms with van der Waals surface area (Å²) >= 11 is 0. The fourth-order valence-corrected chi connectivity index (χ4v) is 1.83. The lowest BCUT2D eigenvalue weighted by atomic mass is 10.0. The molecule has 1 unspecified atom stereocenters. The molecule has 2 rings (SSSR count). The number of carbonyl (C=O) groups excluding carboxylic acids is 2. The van der Waals surface area contributed by atoms with Crippen LogP contribution in [0.25, 0.3) is 0 Å². The molecular formula is C13H18ClN3O2. The average Bonchev–Trinajstić information content (AvgIpc) is 2.38. The van der Waals surface area contributed by atoms with Gasteiger partial charge in [0, 0.05) is 30.3 Å². The van der Waals surface area contributed by atoms with E-state index < -0.39 is 0 Å². The molecule has 0 bridgehead atoms. The highest BCUT2D eigenvalue weighted by Gasteiger charge is 2.16. The molecule has 104 valence electrons. The van der Waals surface area contributed by atoms with Gasteiger partial charge in [-0.05, 0) is 30.2 Å². The summed E-state index contributed by atoms with van der Waals surface area (Å²) in [5, 5.41) is 5.62. The number of hydrogen-bond donors (Lipinski definition) is 3. The molecule has 2 amide bonds. The van der Waals surface area contributed by atoms with E-state index in [0.717, 1.165) is 16.9 Å². The van der Waals surface area contributed by atoms with E-state index in [1.54, 1.807) is 13.0 Å². The van der Waals surface area contributed by atoms with Gasteiger partial charge in [0.2, 0.25) is 11.8 Å². The minimum Gasteiger partial charge on any atom is -0.330 e. The molecule has 1 heterocycles. The third kappa shape index (κ3) is 3.68. The molecule has 0 aromatic heterocycles. The smallest absolute Gasteiger partial charge is 0.228 e. The summed E-state index contributed by atoms with van der Waals surface area (Å²) in [6, 6.07) is 5.50. The van der Waals surface area contributed by atoms with Crippen LogP contribution in [0.3, 0.4) is 0 Å². The van der Waals surface area contributed by atoms with Crippen LogP contribution >= 0.6 is 12.4 Å². The number of amides is 2.